The molecule has 11 heavy (non-hydrogen) atoms. The van der Waals surface area contributed by atoms with Crippen LogP contribution in [0.25, 0.3) is 0 Å². The zero-order valence-electron chi connectivity index (χ0n) is 7.21. The van der Waals surface area contributed by atoms with Gasteiger partial charge in [-0.15, -0.1) is 0 Å². The van der Waals surface area contributed by atoms with Crippen LogP contribution in [0.2, 0.25) is 0 Å². The maximum Gasteiger partial charge on any atom is 0.219 e. The number of carbonyl (C=O) groups excluding carboxylic acids is 1. The van der Waals surface area contributed by atoms with Crippen LogP contribution in [-0.2, 0) is 4.79 Å². The first-order chi connectivity index (χ1) is 5.09. The highest BCUT2D eigenvalue weighted by molar-refractivity contribution is 5.72. The molecule has 1 saturated carbocycles. The van der Waals surface area contributed by atoms with Crippen molar-refractivity contribution >= 4 is 5.91 Å². The van der Waals surface area contributed by atoms with Crippen molar-refractivity contribution in [1.82, 2.24) is 4.90 Å². The van der Waals surface area contributed by atoms with Crippen LogP contribution in [0.4, 0.5) is 0 Å². The van der Waals surface area contributed by atoms with Gasteiger partial charge in [0.15, 0.2) is 0 Å². The predicted octanol–water partition coefficient (Wildman–Crippen LogP) is 0.202. The lowest BCUT2D eigenvalue weighted by Crippen LogP contribution is -2.42. The highest BCUT2D eigenvalue weighted by atomic mass is 16.2. The van der Waals surface area contributed by atoms with Crippen molar-refractivity contribution in [3.05, 3.63) is 0 Å². The topological polar surface area (TPSA) is 46.3 Å². The maximum absolute atomic E-state index is 10.8. The van der Waals surface area contributed by atoms with Gasteiger partial charge in [-0.3, -0.25) is 4.79 Å². The smallest absolute Gasteiger partial charge is 0.219 e. The molecule has 3 nitrogen and oxygen atoms in total. The standard InChI is InChI=1S/C8H16N2O/c1-6(11)10(2)5-7-3-8(9)4-7/h7-8H,3-5,9H2,1-2H3. The quantitative estimate of drug-likeness (QED) is 0.621. The fourth-order valence-corrected chi connectivity index (χ4v) is 1.45. The Bertz CT molecular complexity index is 152. The van der Waals surface area contributed by atoms with Gasteiger partial charge in [0.2, 0.25) is 5.91 Å². The van der Waals surface area contributed by atoms with Crippen molar-refractivity contribution in [2.24, 2.45) is 11.7 Å². The average Bonchev–Trinajstić information content (AvgIpc) is 1.84. The number of amides is 1. The second kappa shape index (κ2) is 3.22. The van der Waals surface area contributed by atoms with E-state index in [2.05, 4.69) is 0 Å². The van der Waals surface area contributed by atoms with Gasteiger partial charge in [-0.25, -0.2) is 0 Å². The van der Waals surface area contributed by atoms with Crippen molar-refractivity contribution in [2.45, 2.75) is 25.8 Å². The molecule has 1 rings (SSSR count). The average molecular weight is 156 g/mol. The molecule has 0 unspecified atom stereocenters. The third-order valence-corrected chi connectivity index (χ3v) is 2.34. The Morgan fingerprint density at radius 2 is 2.18 bits per heavy atom. The van der Waals surface area contributed by atoms with E-state index in [4.69, 9.17) is 5.73 Å². The summed E-state index contributed by atoms with van der Waals surface area (Å²) < 4.78 is 0. The minimum absolute atomic E-state index is 0.144. The van der Waals surface area contributed by atoms with Gasteiger partial charge < -0.3 is 10.6 Å². The summed E-state index contributed by atoms with van der Waals surface area (Å²) in [5.74, 6) is 0.796. The van der Waals surface area contributed by atoms with Crippen LogP contribution in [0.5, 0.6) is 0 Å². The van der Waals surface area contributed by atoms with E-state index in [-0.39, 0.29) is 5.91 Å². The summed E-state index contributed by atoms with van der Waals surface area (Å²) in [6.07, 6.45) is 2.16. The molecule has 0 aliphatic heterocycles. The van der Waals surface area contributed by atoms with Crippen LogP contribution in [0.1, 0.15) is 19.8 Å². The number of carbonyl (C=O) groups is 1. The van der Waals surface area contributed by atoms with Gasteiger partial charge in [0, 0.05) is 26.6 Å². The van der Waals surface area contributed by atoms with E-state index in [1.54, 1.807) is 11.8 Å². The first-order valence-corrected chi connectivity index (χ1v) is 4.07. The van der Waals surface area contributed by atoms with Crippen LogP contribution in [0, 0.1) is 5.92 Å². The van der Waals surface area contributed by atoms with Crippen LogP contribution in [-0.4, -0.2) is 30.4 Å². The first kappa shape index (κ1) is 8.53. The van der Waals surface area contributed by atoms with E-state index < -0.39 is 0 Å². The van der Waals surface area contributed by atoms with E-state index in [1.807, 2.05) is 7.05 Å². The summed E-state index contributed by atoms with van der Waals surface area (Å²) in [6.45, 7) is 2.47. The lowest BCUT2D eigenvalue weighted by atomic mass is 9.81. The summed E-state index contributed by atoms with van der Waals surface area (Å²) in [5, 5.41) is 0. The largest absolute Gasteiger partial charge is 0.346 e. The Hall–Kier alpha value is -0.570. The molecule has 0 heterocycles. The number of hydrogen-bond acceptors (Lipinski definition) is 2. The Kier molecular flexibility index (Phi) is 2.49. The van der Waals surface area contributed by atoms with Crippen LogP contribution < -0.4 is 5.73 Å². The molecule has 0 saturated heterocycles. The van der Waals surface area contributed by atoms with E-state index in [0.717, 1.165) is 19.4 Å². The van der Waals surface area contributed by atoms with Crippen LogP contribution in [0.15, 0.2) is 0 Å². The van der Waals surface area contributed by atoms with Crippen molar-refractivity contribution in [1.29, 1.82) is 0 Å². The third kappa shape index (κ3) is 2.19. The summed E-state index contributed by atoms with van der Waals surface area (Å²) in [7, 11) is 1.84. The zero-order valence-corrected chi connectivity index (χ0v) is 7.21. The highest BCUT2D eigenvalue weighted by Gasteiger charge is 2.27. The van der Waals surface area contributed by atoms with Crippen molar-refractivity contribution < 1.29 is 4.79 Å². The molecule has 0 spiro atoms. The molecule has 0 bridgehead atoms. The van der Waals surface area contributed by atoms with E-state index in [9.17, 15) is 4.79 Å². The minimum Gasteiger partial charge on any atom is -0.346 e. The second-order valence-corrected chi connectivity index (χ2v) is 3.50. The highest BCUT2D eigenvalue weighted by Crippen LogP contribution is 2.25. The molecule has 0 radical (unpaired) electrons. The van der Waals surface area contributed by atoms with Gasteiger partial charge in [0.05, 0.1) is 0 Å². The summed E-state index contributed by atoms with van der Waals surface area (Å²) >= 11 is 0. The van der Waals surface area contributed by atoms with Gasteiger partial charge in [-0.1, -0.05) is 0 Å². The third-order valence-electron chi connectivity index (χ3n) is 2.34. The van der Waals surface area contributed by atoms with Crippen molar-refractivity contribution in [2.75, 3.05) is 13.6 Å². The fraction of sp³-hybridized carbons (Fsp3) is 0.875. The molecular formula is C8H16N2O. The molecule has 0 aromatic rings. The molecule has 0 aromatic heterocycles. The molecule has 0 aromatic carbocycles. The second-order valence-electron chi connectivity index (χ2n) is 3.50. The molecule has 1 amide bonds. The number of nitrogens with two attached hydrogens (primary N) is 1. The molecule has 1 aliphatic carbocycles. The van der Waals surface area contributed by atoms with E-state index >= 15 is 0 Å². The molecule has 1 aliphatic rings. The SMILES string of the molecule is CC(=O)N(C)CC1CC(N)C1. The molecule has 2 N–H and O–H groups in total. The lowest BCUT2D eigenvalue weighted by molar-refractivity contribution is -0.128. The summed E-state index contributed by atoms with van der Waals surface area (Å²) in [6, 6.07) is 0.389. The first-order valence-electron chi connectivity index (χ1n) is 4.07. The number of nitrogens with zero attached hydrogens (tertiary/aromatic N) is 1. The molecule has 1 fully saturated rings. The molecule has 0 atom stereocenters. The van der Waals surface area contributed by atoms with Gasteiger partial charge in [-0.05, 0) is 18.8 Å². The monoisotopic (exact) mass is 156 g/mol. The zero-order chi connectivity index (χ0) is 8.43. The number of rotatable bonds is 2. The van der Waals surface area contributed by atoms with E-state index in [1.165, 1.54) is 0 Å². The summed E-state index contributed by atoms with van der Waals surface area (Å²) in [5.41, 5.74) is 5.62. The minimum atomic E-state index is 0.144. The maximum atomic E-state index is 10.8. The Morgan fingerprint density at radius 1 is 1.64 bits per heavy atom. The number of hydrogen-bond donors (Lipinski definition) is 1. The normalized spacial score (nSPS) is 29.4. The Morgan fingerprint density at radius 3 is 2.55 bits per heavy atom. The molecule has 64 valence electrons. The van der Waals surface area contributed by atoms with Crippen LogP contribution in [0.3, 0.4) is 0 Å². The summed E-state index contributed by atoms with van der Waals surface area (Å²) in [4.78, 5) is 12.6. The van der Waals surface area contributed by atoms with Gasteiger partial charge in [-0.2, -0.15) is 0 Å². The van der Waals surface area contributed by atoms with Crippen LogP contribution >= 0.6 is 0 Å². The fourth-order valence-electron chi connectivity index (χ4n) is 1.45. The Labute approximate surface area is 67.5 Å². The van der Waals surface area contributed by atoms with Crippen molar-refractivity contribution in [3.63, 3.8) is 0 Å². The van der Waals surface area contributed by atoms with Gasteiger partial charge in [0.1, 0.15) is 0 Å². The Balaban J connectivity index is 2.16. The molecular weight excluding hydrogens is 140 g/mol. The van der Waals surface area contributed by atoms with Crippen molar-refractivity contribution in [3.8, 4) is 0 Å². The predicted molar refractivity (Wildman–Crippen MR) is 44.0 cm³/mol. The molecule has 3 heteroatoms. The van der Waals surface area contributed by atoms with Gasteiger partial charge in [0.25, 0.3) is 0 Å². The van der Waals surface area contributed by atoms with Gasteiger partial charge >= 0.3 is 0 Å². The lowest BCUT2D eigenvalue weighted by Gasteiger charge is -2.34. The van der Waals surface area contributed by atoms with E-state index in [0.29, 0.717) is 12.0 Å².